The number of carbonyl (C=O) groups excluding carboxylic acids is 1. The molecular formula is C16H20N2O2. The van der Waals surface area contributed by atoms with Crippen molar-refractivity contribution in [2.24, 2.45) is 0 Å². The predicted molar refractivity (Wildman–Crippen MR) is 78.9 cm³/mol. The summed E-state index contributed by atoms with van der Waals surface area (Å²) in [4.78, 5) is 14.1. The number of fused-ring (bicyclic) bond motifs is 1. The highest BCUT2D eigenvalue weighted by atomic mass is 16.3. The highest BCUT2D eigenvalue weighted by molar-refractivity contribution is 5.96. The van der Waals surface area contributed by atoms with E-state index in [-0.39, 0.29) is 5.91 Å². The van der Waals surface area contributed by atoms with Crippen molar-refractivity contribution in [2.45, 2.75) is 25.8 Å². The van der Waals surface area contributed by atoms with E-state index in [0.717, 1.165) is 30.5 Å². The Morgan fingerprint density at radius 1 is 1.45 bits per heavy atom. The molecule has 1 N–H and O–H groups in total. The van der Waals surface area contributed by atoms with Crippen LogP contribution in [0.15, 0.2) is 28.7 Å². The zero-order valence-corrected chi connectivity index (χ0v) is 12.0. The molecule has 106 valence electrons. The van der Waals surface area contributed by atoms with Crippen LogP contribution in [0.5, 0.6) is 0 Å². The maximum Gasteiger partial charge on any atom is 0.289 e. The molecule has 1 saturated heterocycles. The smallest absolute Gasteiger partial charge is 0.289 e. The van der Waals surface area contributed by atoms with Gasteiger partial charge in [-0.15, -0.1) is 0 Å². The second-order valence-corrected chi connectivity index (χ2v) is 5.63. The minimum absolute atomic E-state index is 0.0486. The fraction of sp³-hybridized carbons (Fsp3) is 0.438. The van der Waals surface area contributed by atoms with E-state index in [0.29, 0.717) is 11.8 Å². The minimum atomic E-state index is -0.0486. The van der Waals surface area contributed by atoms with Crippen LogP contribution in [0.3, 0.4) is 0 Å². The molecule has 2 heterocycles. The van der Waals surface area contributed by atoms with Crippen molar-refractivity contribution in [3.8, 4) is 0 Å². The van der Waals surface area contributed by atoms with Crippen molar-refractivity contribution in [1.29, 1.82) is 0 Å². The molecule has 1 fully saturated rings. The molecule has 3 rings (SSSR count). The monoisotopic (exact) mass is 272 g/mol. The van der Waals surface area contributed by atoms with Gasteiger partial charge >= 0.3 is 0 Å². The second-order valence-electron chi connectivity index (χ2n) is 5.63. The Bertz CT molecular complexity index is 626. The molecule has 1 amide bonds. The molecule has 4 nitrogen and oxygen atoms in total. The molecule has 0 saturated carbocycles. The molecule has 1 unspecified atom stereocenters. The lowest BCUT2D eigenvalue weighted by atomic mass is 10.2. The van der Waals surface area contributed by atoms with Crippen molar-refractivity contribution in [3.05, 3.63) is 35.6 Å². The molecule has 20 heavy (non-hydrogen) atoms. The lowest BCUT2D eigenvalue weighted by Crippen LogP contribution is -2.38. The van der Waals surface area contributed by atoms with E-state index in [4.69, 9.17) is 4.42 Å². The van der Waals surface area contributed by atoms with Gasteiger partial charge in [-0.1, -0.05) is 11.6 Å². The molecule has 0 bridgehead atoms. The Morgan fingerprint density at radius 2 is 2.30 bits per heavy atom. The summed E-state index contributed by atoms with van der Waals surface area (Å²) in [5.74, 6) is 0.374. The van der Waals surface area contributed by atoms with Gasteiger partial charge in [-0.2, -0.15) is 0 Å². The molecule has 4 heteroatoms. The number of hydrogen-bond donors (Lipinski definition) is 1. The van der Waals surface area contributed by atoms with Crippen molar-refractivity contribution in [2.75, 3.05) is 20.1 Å². The first-order valence-corrected chi connectivity index (χ1v) is 7.12. The summed E-state index contributed by atoms with van der Waals surface area (Å²) in [5.41, 5.74) is 1.94. The van der Waals surface area contributed by atoms with Gasteiger partial charge in [0.25, 0.3) is 5.91 Å². The molecule has 1 aliphatic rings. The molecule has 1 aliphatic heterocycles. The summed E-state index contributed by atoms with van der Waals surface area (Å²) in [6, 6.07) is 8.19. The first-order valence-electron chi connectivity index (χ1n) is 7.12. The number of amides is 1. The molecule has 0 radical (unpaired) electrons. The number of aryl methyl sites for hydroxylation is 1. The molecule has 1 aromatic carbocycles. The Kier molecular flexibility index (Phi) is 3.49. The van der Waals surface area contributed by atoms with Crippen LogP contribution >= 0.6 is 0 Å². The van der Waals surface area contributed by atoms with E-state index in [9.17, 15) is 4.79 Å². The van der Waals surface area contributed by atoms with Gasteiger partial charge in [0.05, 0.1) is 0 Å². The maximum atomic E-state index is 12.4. The van der Waals surface area contributed by atoms with Crippen LogP contribution in [0.4, 0.5) is 0 Å². The third-order valence-corrected chi connectivity index (χ3v) is 3.89. The lowest BCUT2D eigenvalue weighted by Gasteiger charge is -2.20. The second kappa shape index (κ2) is 5.29. The average molecular weight is 272 g/mol. The average Bonchev–Trinajstić information content (AvgIpc) is 3.06. The summed E-state index contributed by atoms with van der Waals surface area (Å²) in [6.07, 6.45) is 2.33. The molecular weight excluding hydrogens is 252 g/mol. The number of nitrogens with one attached hydrogen (secondary N) is 1. The van der Waals surface area contributed by atoms with E-state index in [1.807, 2.05) is 38.2 Å². The molecule has 1 atom stereocenters. The quantitative estimate of drug-likeness (QED) is 0.934. The van der Waals surface area contributed by atoms with Crippen LogP contribution in [0.2, 0.25) is 0 Å². The van der Waals surface area contributed by atoms with Crippen LogP contribution in [-0.2, 0) is 0 Å². The Balaban J connectivity index is 1.77. The number of carbonyl (C=O) groups is 1. The normalized spacial score (nSPS) is 18.6. The fourth-order valence-corrected chi connectivity index (χ4v) is 2.78. The van der Waals surface area contributed by atoms with Gasteiger partial charge in [0.2, 0.25) is 0 Å². The van der Waals surface area contributed by atoms with Crippen LogP contribution in [-0.4, -0.2) is 37.0 Å². The van der Waals surface area contributed by atoms with Crippen molar-refractivity contribution >= 4 is 16.9 Å². The number of rotatable bonds is 3. The van der Waals surface area contributed by atoms with Crippen molar-refractivity contribution in [1.82, 2.24) is 10.2 Å². The largest absolute Gasteiger partial charge is 0.451 e. The number of furan rings is 1. The number of benzene rings is 1. The first kappa shape index (κ1) is 13.2. The molecule has 0 aliphatic carbocycles. The van der Waals surface area contributed by atoms with Crippen LogP contribution in [0, 0.1) is 6.92 Å². The van der Waals surface area contributed by atoms with E-state index in [2.05, 4.69) is 5.32 Å². The highest BCUT2D eigenvalue weighted by Gasteiger charge is 2.21. The minimum Gasteiger partial charge on any atom is -0.451 e. The molecule has 2 aromatic rings. The maximum absolute atomic E-state index is 12.4. The van der Waals surface area contributed by atoms with Gasteiger partial charge < -0.3 is 14.6 Å². The van der Waals surface area contributed by atoms with E-state index < -0.39 is 0 Å². The van der Waals surface area contributed by atoms with Crippen molar-refractivity contribution < 1.29 is 9.21 Å². The van der Waals surface area contributed by atoms with Gasteiger partial charge in [-0.3, -0.25) is 4.79 Å². The lowest BCUT2D eigenvalue weighted by molar-refractivity contribution is 0.0754. The first-order chi connectivity index (χ1) is 9.63. The summed E-state index contributed by atoms with van der Waals surface area (Å²) in [6.45, 7) is 3.82. The van der Waals surface area contributed by atoms with Gasteiger partial charge in [0.1, 0.15) is 5.58 Å². The third kappa shape index (κ3) is 2.56. The Morgan fingerprint density at radius 3 is 3.05 bits per heavy atom. The van der Waals surface area contributed by atoms with Gasteiger partial charge in [0, 0.05) is 25.0 Å². The number of likely N-dealkylation sites (N-methyl/N-ethyl adjacent to an activating group) is 1. The Hall–Kier alpha value is -1.81. The predicted octanol–water partition coefficient (Wildman–Crippen LogP) is 2.57. The Labute approximate surface area is 118 Å². The topological polar surface area (TPSA) is 45.5 Å². The van der Waals surface area contributed by atoms with E-state index in [1.165, 1.54) is 12.0 Å². The van der Waals surface area contributed by atoms with Gasteiger partial charge in [-0.05, 0) is 44.5 Å². The van der Waals surface area contributed by atoms with Crippen molar-refractivity contribution in [3.63, 3.8) is 0 Å². The van der Waals surface area contributed by atoms with Gasteiger partial charge in [0.15, 0.2) is 5.76 Å². The standard InChI is InChI=1S/C16H20N2O2/c1-11-5-6-14-12(8-11)9-15(20-14)16(19)18(2)10-13-4-3-7-17-13/h5-6,8-9,13,17H,3-4,7,10H2,1-2H3. The zero-order valence-electron chi connectivity index (χ0n) is 12.0. The summed E-state index contributed by atoms with van der Waals surface area (Å²) >= 11 is 0. The summed E-state index contributed by atoms with van der Waals surface area (Å²) in [7, 11) is 1.83. The van der Waals surface area contributed by atoms with Gasteiger partial charge in [-0.25, -0.2) is 0 Å². The molecule has 0 spiro atoms. The number of hydrogen-bond acceptors (Lipinski definition) is 3. The van der Waals surface area contributed by atoms with Crippen LogP contribution in [0.25, 0.3) is 11.0 Å². The molecule has 1 aromatic heterocycles. The van der Waals surface area contributed by atoms with E-state index in [1.54, 1.807) is 4.90 Å². The van der Waals surface area contributed by atoms with Crippen LogP contribution < -0.4 is 5.32 Å². The highest BCUT2D eigenvalue weighted by Crippen LogP contribution is 2.21. The number of nitrogens with zero attached hydrogens (tertiary/aromatic N) is 1. The third-order valence-electron chi connectivity index (χ3n) is 3.89. The zero-order chi connectivity index (χ0) is 14.1. The SMILES string of the molecule is Cc1ccc2oc(C(=O)N(C)CC3CCCN3)cc2c1. The van der Waals surface area contributed by atoms with Crippen LogP contribution in [0.1, 0.15) is 29.0 Å². The summed E-state index contributed by atoms with van der Waals surface area (Å²) in [5, 5.41) is 4.39. The summed E-state index contributed by atoms with van der Waals surface area (Å²) < 4.78 is 5.66. The van der Waals surface area contributed by atoms with E-state index >= 15 is 0 Å². The fourth-order valence-electron chi connectivity index (χ4n) is 2.78.